The summed E-state index contributed by atoms with van der Waals surface area (Å²) in [5.74, 6) is -1.24. The Hall–Kier alpha value is -4.51. The van der Waals surface area contributed by atoms with Crippen molar-refractivity contribution in [2.45, 2.75) is 56.3 Å². The van der Waals surface area contributed by atoms with Gasteiger partial charge < -0.3 is 30.2 Å². The van der Waals surface area contributed by atoms with Crippen LogP contribution in [0.2, 0.25) is 0 Å². The third-order valence-corrected chi connectivity index (χ3v) is 10.9. The van der Waals surface area contributed by atoms with Crippen LogP contribution in [0, 0.1) is 5.92 Å². The van der Waals surface area contributed by atoms with E-state index in [2.05, 4.69) is 10.2 Å². The van der Waals surface area contributed by atoms with E-state index < -0.39 is 23.0 Å². The van der Waals surface area contributed by atoms with Crippen molar-refractivity contribution in [3.05, 3.63) is 102 Å². The van der Waals surface area contributed by atoms with Gasteiger partial charge in [-0.05, 0) is 73.8 Å². The highest BCUT2D eigenvalue weighted by molar-refractivity contribution is 6.09. The Morgan fingerprint density at radius 2 is 1.69 bits per heavy atom. The number of anilines is 3. The second-order valence-corrected chi connectivity index (χ2v) is 13.5. The molecule has 3 atom stereocenters. The number of amides is 3. The van der Waals surface area contributed by atoms with Gasteiger partial charge in [-0.25, -0.2) is 0 Å². The number of nitrogens with zero attached hydrogens (tertiary/aromatic N) is 4. The Balaban J connectivity index is 1.13. The summed E-state index contributed by atoms with van der Waals surface area (Å²) in [5, 5.41) is 25.6. The summed E-state index contributed by atoms with van der Waals surface area (Å²) in [6.07, 6.45) is 5.45. The van der Waals surface area contributed by atoms with Crippen LogP contribution >= 0.6 is 0 Å². The van der Waals surface area contributed by atoms with Crippen molar-refractivity contribution < 1.29 is 24.6 Å². The Morgan fingerprint density at radius 3 is 2.42 bits per heavy atom. The van der Waals surface area contributed by atoms with Gasteiger partial charge >= 0.3 is 0 Å². The van der Waals surface area contributed by atoms with Crippen LogP contribution in [0.5, 0.6) is 0 Å². The molecule has 3 aromatic rings. The second kappa shape index (κ2) is 12.5. The number of hydrogen-bond acceptors (Lipinski definition) is 7. The fourth-order valence-corrected chi connectivity index (χ4v) is 8.05. The summed E-state index contributed by atoms with van der Waals surface area (Å²) in [6.45, 7) is 3.91. The maximum Gasteiger partial charge on any atom is 0.264 e. The largest absolute Gasteiger partial charge is 0.394 e. The van der Waals surface area contributed by atoms with Gasteiger partial charge in [0, 0.05) is 42.9 Å². The number of para-hydroxylation sites is 1. The summed E-state index contributed by atoms with van der Waals surface area (Å²) in [4.78, 5) is 48.5. The van der Waals surface area contributed by atoms with Crippen molar-refractivity contribution in [1.29, 1.82) is 0 Å². The van der Waals surface area contributed by atoms with E-state index in [1.54, 1.807) is 48.1 Å². The fraction of sp³-hybridized carbons (Fsp3) is 0.395. The number of benzene rings is 3. The molecule has 0 aromatic heterocycles. The number of carbonyl (C=O) groups excluding carboxylic acids is 3. The smallest absolute Gasteiger partial charge is 0.264 e. The number of carbonyl (C=O) groups is 3. The quantitative estimate of drug-likeness (QED) is 0.337. The molecule has 4 heterocycles. The predicted octanol–water partition coefficient (Wildman–Crippen LogP) is 3.31. The molecular weight excluding hydrogens is 606 g/mol. The van der Waals surface area contributed by atoms with E-state index >= 15 is 0 Å². The third-order valence-electron chi connectivity index (χ3n) is 10.9. The van der Waals surface area contributed by atoms with E-state index in [9.17, 15) is 24.6 Å². The first-order valence-electron chi connectivity index (χ1n) is 16.8. The van der Waals surface area contributed by atoms with Crippen LogP contribution in [0.3, 0.4) is 0 Å². The molecule has 0 radical (unpaired) electrons. The molecule has 0 saturated carbocycles. The van der Waals surface area contributed by atoms with Gasteiger partial charge in [-0.1, -0.05) is 61.5 Å². The number of hydrogen-bond donors (Lipinski definition) is 3. The van der Waals surface area contributed by atoms with E-state index in [0.717, 1.165) is 29.9 Å². The molecule has 0 aliphatic carbocycles. The summed E-state index contributed by atoms with van der Waals surface area (Å²) < 4.78 is 0. The van der Waals surface area contributed by atoms with Gasteiger partial charge in [0.15, 0.2) is 5.60 Å². The lowest BCUT2D eigenvalue weighted by molar-refractivity contribution is -0.139. The van der Waals surface area contributed by atoms with E-state index in [-0.39, 0.29) is 30.9 Å². The number of aliphatic hydroxyl groups is 2. The Bertz CT molecular complexity index is 1760. The molecule has 10 heteroatoms. The average Bonchev–Trinajstić information content (AvgIpc) is 3.50. The third kappa shape index (κ3) is 5.10. The zero-order chi connectivity index (χ0) is 33.6. The van der Waals surface area contributed by atoms with Gasteiger partial charge in [-0.3, -0.25) is 19.3 Å². The zero-order valence-corrected chi connectivity index (χ0v) is 27.5. The molecule has 1 spiro atoms. The number of rotatable bonds is 7. The van der Waals surface area contributed by atoms with Crippen molar-refractivity contribution in [1.82, 2.24) is 10.2 Å². The van der Waals surface area contributed by atoms with Crippen molar-refractivity contribution in [2.75, 3.05) is 48.1 Å². The Labute approximate surface area is 281 Å². The highest BCUT2D eigenvalue weighted by Crippen LogP contribution is 2.47. The predicted molar refractivity (Wildman–Crippen MR) is 184 cm³/mol. The lowest BCUT2D eigenvalue weighted by Gasteiger charge is -2.39. The first-order chi connectivity index (χ1) is 23.2. The van der Waals surface area contributed by atoms with Gasteiger partial charge in [-0.2, -0.15) is 0 Å². The van der Waals surface area contributed by atoms with Crippen LogP contribution in [0.4, 0.5) is 17.1 Å². The van der Waals surface area contributed by atoms with Gasteiger partial charge in [0.2, 0.25) is 5.91 Å². The van der Waals surface area contributed by atoms with Gasteiger partial charge in [0.25, 0.3) is 11.8 Å². The van der Waals surface area contributed by atoms with Crippen molar-refractivity contribution in [3.63, 3.8) is 0 Å². The van der Waals surface area contributed by atoms with E-state index in [0.29, 0.717) is 49.4 Å². The molecule has 48 heavy (non-hydrogen) atoms. The normalized spacial score (nSPS) is 24.0. The van der Waals surface area contributed by atoms with Crippen LogP contribution in [-0.2, 0) is 33.0 Å². The first-order valence-corrected chi connectivity index (χ1v) is 16.8. The summed E-state index contributed by atoms with van der Waals surface area (Å²) in [5.41, 5.74) is 2.29. The minimum Gasteiger partial charge on any atom is -0.394 e. The van der Waals surface area contributed by atoms with Crippen LogP contribution in [0.25, 0.3) is 0 Å². The van der Waals surface area contributed by atoms with Crippen LogP contribution in [-0.4, -0.2) is 77.8 Å². The fourth-order valence-electron chi connectivity index (χ4n) is 8.05. The lowest BCUT2D eigenvalue weighted by Crippen LogP contribution is -2.55. The minimum absolute atomic E-state index is 0.0157. The molecule has 4 aliphatic heterocycles. The lowest BCUT2D eigenvalue weighted by atomic mass is 9.82. The van der Waals surface area contributed by atoms with Gasteiger partial charge in [0.05, 0.1) is 25.0 Å². The minimum atomic E-state index is -1.88. The maximum absolute atomic E-state index is 14.3. The molecule has 2 saturated heterocycles. The average molecular weight is 650 g/mol. The second-order valence-electron chi connectivity index (χ2n) is 13.5. The SMILES string of the molecule is C[C@@H](/C=C/CC(=O)N1Cc2ccccc2C[C@H]1CO)[C@]1(O)C(=O)N(C)c2ccc(N3CN(c4ccccc4)C4(CCNCC4)C3=O)cc21. The Morgan fingerprint density at radius 1 is 0.979 bits per heavy atom. The highest BCUT2D eigenvalue weighted by atomic mass is 16.3. The monoisotopic (exact) mass is 649 g/mol. The van der Waals surface area contributed by atoms with Crippen LogP contribution in [0.1, 0.15) is 42.9 Å². The molecule has 250 valence electrons. The topological polar surface area (TPSA) is 117 Å². The van der Waals surface area contributed by atoms with Crippen LogP contribution in [0.15, 0.2) is 84.9 Å². The summed E-state index contributed by atoms with van der Waals surface area (Å²) >= 11 is 0. The molecule has 4 aliphatic rings. The zero-order valence-electron chi connectivity index (χ0n) is 27.5. The van der Waals surface area contributed by atoms with Crippen molar-refractivity contribution in [3.8, 4) is 0 Å². The molecule has 3 N–H and O–H groups in total. The Kier molecular flexibility index (Phi) is 8.35. The first kappa shape index (κ1) is 32.1. The van der Waals surface area contributed by atoms with Gasteiger partial charge in [-0.15, -0.1) is 0 Å². The number of aliphatic hydroxyl groups excluding tert-OH is 1. The molecule has 10 nitrogen and oxygen atoms in total. The number of likely N-dealkylation sites (N-methyl/N-ethyl adjacent to an activating group) is 1. The standard InChI is InChI=1S/C38H43N5O5/c1-26(9-8-14-34(45)41-23-28-11-7-6-10-27(28)21-31(41)24-44)38(48)32-22-30(15-16-33(32)40(2)36(38)47)42-25-43(29-12-4-3-5-13-29)37(35(42)46)17-19-39-20-18-37/h3-13,15-16,22,26,31,39,44,48H,14,17-21,23-25H2,1-2H3/b9-8+/t26-,31-,38+/m0/s1. The number of fused-ring (bicyclic) bond motifs is 2. The molecule has 3 amide bonds. The molecule has 3 aromatic carbocycles. The summed E-state index contributed by atoms with van der Waals surface area (Å²) in [6, 6.07) is 23.1. The highest BCUT2D eigenvalue weighted by Gasteiger charge is 2.55. The maximum atomic E-state index is 14.3. The van der Waals surface area contributed by atoms with E-state index in [4.69, 9.17) is 0 Å². The molecule has 0 bridgehead atoms. The molecule has 0 unspecified atom stereocenters. The summed E-state index contributed by atoms with van der Waals surface area (Å²) in [7, 11) is 1.64. The van der Waals surface area contributed by atoms with Crippen molar-refractivity contribution in [2.24, 2.45) is 5.92 Å². The van der Waals surface area contributed by atoms with Crippen molar-refractivity contribution >= 4 is 34.8 Å². The van der Waals surface area contributed by atoms with E-state index in [1.165, 1.54) is 4.90 Å². The molecular formula is C38H43N5O5. The molecule has 7 rings (SSSR count). The molecule has 2 fully saturated rings. The van der Waals surface area contributed by atoms with Crippen LogP contribution < -0.4 is 20.0 Å². The number of nitrogens with one attached hydrogen (secondary N) is 1. The van der Waals surface area contributed by atoms with Gasteiger partial charge in [0.1, 0.15) is 5.54 Å². The number of piperidine rings is 1. The van der Waals surface area contributed by atoms with E-state index in [1.807, 2.05) is 60.7 Å².